The zero-order chi connectivity index (χ0) is 27.3. The van der Waals surface area contributed by atoms with Crippen LogP contribution in [0, 0.1) is 0 Å². The molecule has 2 atom stereocenters. The summed E-state index contributed by atoms with van der Waals surface area (Å²) in [5.74, 6) is -1.03. The first kappa shape index (κ1) is 35.0. The lowest BCUT2D eigenvalue weighted by Gasteiger charge is -2.28. The molecule has 36 heavy (non-hydrogen) atoms. The molecule has 0 aromatic carbocycles. The van der Waals surface area contributed by atoms with Crippen molar-refractivity contribution in [2.45, 2.75) is 110 Å². The molecule has 10 heteroatoms. The van der Waals surface area contributed by atoms with Gasteiger partial charge in [0.05, 0.1) is 27.7 Å². The molecule has 0 heterocycles. The van der Waals surface area contributed by atoms with E-state index in [0.29, 0.717) is 11.0 Å². The quantitative estimate of drug-likeness (QED) is 0.0717. The molecule has 0 saturated heterocycles. The number of phosphoric acid groups is 1. The lowest BCUT2D eigenvalue weighted by Crippen LogP contribution is -2.37. The van der Waals surface area contributed by atoms with E-state index in [-0.39, 0.29) is 19.6 Å². The fraction of sp³-hybridized carbons (Fsp3) is 0.923. The fourth-order valence-electron chi connectivity index (χ4n) is 3.53. The summed E-state index contributed by atoms with van der Waals surface area (Å²) in [4.78, 5) is 35.3. The third kappa shape index (κ3) is 24.7. The number of likely N-dealkylation sites (N-methyl/N-ethyl adjacent to an activating group) is 1. The van der Waals surface area contributed by atoms with Gasteiger partial charge in [-0.2, -0.15) is 0 Å². The van der Waals surface area contributed by atoms with E-state index in [0.717, 1.165) is 19.3 Å². The summed E-state index contributed by atoms with van der Waals surface area (Å²) >= 11 is 0. The zero-order valence-electron chi connectivity index (χ0n) is 23.5. The van der Waals surface area contributed by atoms with Gasteiger partial charge in [-0.1, -0.05) is 84.0 Å². The number of nitrogens with zero attached hydrogens (tertiary/aromatic N) is 1. The van der Waals surface area contributed by atoms with E-state index in [1.54, 1.807) is 0 Å². The van der Waals surface area contributed by atoms with Gasteiger partial charge in [-0.3, -0.25) is 14.2 Å². The standard InChI is InChI=1S/C26H52NO8P/c1-6-7-8-9-10-11-12-13-14-15-16-17-18-19-26(29)32-22-25(35-24(2)28)23-34-36(30,31)33-21-20-27(3,4)5/h25H,6-23H2,1-5H3/i26+2. The van der Waals surface area contributed by atoms with Crippen LogP contribution in [0.15, 0.2) is 0 Å². The zero-order valence-corrected chi connectivity index (χ0v) is 24.4. The van der Waals surface area contributed by atoms with Gasteiger partial charge in [-0.15, -0.1) is 0 Å². The molecule has 0 bridgehead atoms. The van der Waals surface area contributed by atoms with Gasteiger partial charge in [-0.05, 0) is 6.42 Å². The molecular formula is C26H52NO8P. The van der Waals surface area contributed by atoms with Crippen molar-refractivity contribution >= 4 is 19.8 Å². The van der Waals surface area contributed by atoms with Crippen LogP contribution >= 0.6 is 7.82 Å². The van der Waals surface area contributed by atoms with Crippen LogP contribution in [0.5, 0.6) is 0 Å². The number of hydrogen-bond donors (Lipinski definition) is 0. The van der Waals surface area contributed by atoms with Crippen LogP contribution < -0.4 is 4.89 Å². The van der Waals surface area contributed by atoms with Crippen LogP contribution in [0.1, 0.15) is 104 Å². The Hall–Kier alpha value is -0.990. The molecule has 0 aliphatic rings. The second-order valence-electron chi connectivity index (χ2n) is 10.5. The first-order valence-electron chi connectivity index (χ1n) is 13.7. The first-order valence-corrected chi connectivity index (χ1v) is 15.1. The van der Waals surface area contributed by atoms with E-state index in [4.69, 9.17) is 18.5 Å². The molecular weight excluding hydrogens is 487 g/mol. The fourth-order valence-corrected chi connectivity index (χ4v) is 4.26. The lowest BCUT2D eigenvalue weighted by atomic mass is 10.0. The SMILES string of the molecule is CCCCCCCCCCCCCCC[14C](=O)OCC(COP(=O)([O-])OCC[N+](C)(C)C)OC(C)=O. The van der Waals surface area contributed by atoms with Crippen molar-refractivity contribution in [3.05, 3.63) is 0 Å². The Morgan fingerprint density at radius 2 is 1.36 bits per heavy atom. The summed E-state index contributed by atoms with van der Waals surface area (Å²) < 4.78 is 32.3. The van der Waals surface area contributed by atoms with E-state index in [9.17, 15) is 19.0 Å². The minimum atomic E-state index is -4.56. The normalized spacial score (nSPS) is 14.3. The Bertz CT molecular complexity index is 624. The van der Waals surface area contributed by atoms with Crippen molar-refractivity contribution in [2.24, 2.45) is 0 Å². The maximum absolute atomic E-state index is 12.0. The van der Waals surface area contributed by atoms with Gasteiger partial charge >= 0.3 is 11.9 Å². The van der Waals surface area contributed by atoms with Crippen LogP contribution in [0.2, 0.25) is 0 Å². The second kappa shape index (κ2) is 21.0. The number of unbranched alkanes of at least 4 members (excludes halogenated alkanes) is 12. The number of hydrogen-bond acceptors (Lipinski definition) is 8. The third-order valence-electron chi connectivity index (χ3n) is 5.68. The molecule has 2 unspecified atom stereocenters. The highest BCUT2D eigenvalue weighted by Gasteiger charge is 2.20. The Morgan fingerprint density at radius 3 is 1.83 bits per heavy atom. The van der Waals surface area contributed by atoms with Crippen molar-refractivity contribution in [2.75, 3.05) is 47.5 Å². The summed E-state index contributed by atoms with van der Waals surface area (Å²) in [6.45, 7) is 3.13. The van der Waals surface area contributed by atoms with Crippen LogP contribution in [0.3, 0.4) is 0 Å². The predicted molar refractivity (Wildman–Crippen MR) is 139 cm³/mol. The highest BCUT2D eigenvalue weighted by atomic mass is 31.2. The highest BCUT2D eigenvalue weighted by molar-refractivity contribution is 7.45. The maximum Gasteiger partial charge on any atom is 0.305 e. The number of rotatable bonds is 24. The van der Waals surface area contributed by atoms with Gasteiger partial charge in [0.25, 0.3) is 7.82 Å². The van der Waals surface area contributed by atoms with Crippen molar-refractivity contribution in [3.63, 3.8) is 0 Å². The Balaban J connectivity index is 3.95. The Kier molecular flexibility index (Phi) is 20.4. The van der Waals surface area contributed by atoms with Crippen LogP contribution in [0.25, 0.3) is 0 Å². The van der Waals surface area contributed by atoms with Crippen LogP contribution in [0.4, 0.5) is 0 Å². The number of carbonyl (C=O) groups is 2. The maximum atomic E-state index is 12.0. The van der Waals surface area contributed by atoms with E-state index < -0.39 is 32.5 Å². The molecule has 214 valence electrons. The lowest BCUT2D eigenvalue weighted by molar-refractivity contribution is -0.870. The molecule has 9 nitrogen and oxygen atoms in total. The van der Waals surface area contributed by atoms with E-state index in [2.05, 4.69) is 6.92 Å². The minimum absolute atomic E-state index is 0.0311. The molecule has 0 saturated carbocycles. The Labute approximate surface area is 219 Å². The van der Waals surface area contributed by atoms with Gasteiger partial charge in [0, 0.05) is 13.3 Å². The molecule has 0 aliphatic heterocycles. The topological polar surface area (TPSA) is 111 Å². The second-order valence-corrected chi connectivity index (χ2v) is 11.9. The number of carbonyl (C=O) groups excluding carboxylic acids is 2. The van der Waals surface area contributed by atoms with Gasteiger partial charge in [-0.25, -0.2) is 0 Å². The average Bonchev–Trinajstić information content (AvgIpc) is 2.77. The monoisotopic (exact) mass is 539 g/mol. The van der Waals surface area contributed by atoms with E-state index >= 15 is 0 Å². The third-order valence-corrected chi connectivity index (χ3v) is 6.64. The predicted octanol–water partition coefficient (Wildman–Crippen LogP) is 5.15. The van der Waals surface area contributed by atoms with Gasteiger partial charge < -0.3 is 27.9 Å². The van der Waals surface area contributed by atoms with Crippen molar-refractivity contribution in [1.82, 2.24) is 0 Å². The van der Waals surface area contributed by atoms with Crippen molar-refractivity contribution in [1.29, 1.82) is 0 Å². The molecule has 0 aromatic heterocycles. The smallest absolute Gasteiger partial charge is 0.305 e. The first-order chi connectivity index (χ1) is 16.9. The van der Waals surface area contributed by atoms with Gasteiger partial charge in [0.1, 0.15) is 19.8 Å². The molecule has 0 rings (SSSR count). The number of ether oxygens (including phenoxy) is 2. The van der Waals surface area contributed by atoms with Crippen molar-refractivity contribution < 1.29 is 42.1 Å². The number of phosphoric ester groups is 1. The van der Waals surface area contributed by atoms with Gasteiger partial charge in [0.15, 0.2) is 6.10 Å². The number of esters is 2. The summed E-state index contributed by atoms with van der Waals surface area (Å²) in [6, 6.07) is 0. The summed E-state index contributed by atoms with van der Waals surface area (Å²) in [7, 11) is 1.16. The highest BCUT2D eigenvalue weighted by Crippen LogP contribution is 2.38. The molecule has 0 spiro atoms. The molecule has 0 N–H and O–H groups in total. The molecule has 0 aromatic rings. The molecule has 0 fully saturated rings. The molecule has 0 amide bonds. The number of quaternary nitrogens is 1. The molecule has 0 radical (unpaired) electrons. The van der Waals surface area contributed by atoms with Crippen LogP contribution in [-0.4, -0.2) is 70.0 Å². The summed E-state index contributed by atoms with van der Waals surface area (Å²) in [6.07, 6.45) is 15.1. The minimum Gasteiger partial charge on any atom is -0.756 e. The summed E-state index contributed by atoms with van der Waals surface area (Å²) in [5.41, 5.74) is 0. The van der Waals surface area contributed by atoms with Crippen LogP contribution in [-0.2, 0) is 32.7 Å². The largest absolute Gasteiger partial charge is 0.756 e. The van der Waals surface area contributed by atoms with E-state index in [1.807, 2.05) is 21.1 Å². The van der Waals surface area contributed by atoms with Crippen molar-refractivity contribution in [3.8, 4) is 0 Å². The molecule has 0 aliphatic carbocycles. The average molecular weight is 540 g/mol. The van der Waals surface area contributed by atoms with E-state index in [1.165, 1.54) is 71.1 Å². The summed E-state index contributed by atoms with van der Waals surface area (Å²) in [5, 5.41) is 0. The van der Waals surface area contributed by atoms with Gasteiger partial charge in [0.2, 0.25) is 0 Å². The Morgan fingerprint density at radius 1 is 0.861 bits per heavy atom.